The van der Waals surface area contributed by atoms with Crippen LogP contribution in [-0.4, -0.2) is 25.3 Å². The first-order chi connectivity index (χ1) is 4.77. The van der Waals surface area contributed by atoms with Gasteiger partial charge in [-0.25, -0.2) is 0 Å². The zero-order valence-corrected chi connectivity index (χ0v) is 8.22. The minimum atomic E-state index is -0.975. The Kier molecular flexibility index (Phi) is 3.35. The van der Waals surface area contributed by atoms with Crippen molar-refractivity contribution >= 4 is 17.8 Å². The van der Waals surface area contributed by atoms with Crippen molar-refractivity contribution in [1.29, 1.82) is 0 Å². The summed E-state index contributed by atoms with van der Waals surface area (Å²) in [4.78, 5) is 0. The van der Waals surface area contributed by atoms with E-state index in [1.54, 1.807) is 0 Å². The number of hydrogen-bond acceptors (Lipinski definition) is 2. The van der Waals surface area contributed by atoms with E-state index in [9.17, 15) is 0 Å². The van der Waals surface area contributed by atoms with Gasteiger partial charge >= 0.3 is 0 Å². The summed E-state index contributed by atoms with van der Waals surface area (Å²) in [5.74, 6) is 0. The molecule has 3 heteroatoms. The van der Waals surface area contributed by atoms with Crippen molar-refractivity contribution < 1.29 is 4.74 Å². The third kappa shape index (κ3) is 2.34. The number of ether oxygens (including phenoxy) is 1. The van der Waals surface area contributed by atoms with E-state index < -0.39 is 6.04 Å². The summed E-state index contributed by atoms with van der Waals surface area (Å²) in [7, 11) is 0. The average molecular weight is 178 g/mol. The van der Waals surface area contributed by atoms with Crippen LogP contribution in [0.3, 0.4) is 0 Å². The Labute approximate surface area is 68.2 Å². The van der Waals surface area contributed by atoms with E-state index in [2.05, 4.69) is 6.92 Å². The molecule has 0 aromatic carbocycles. The van der Waals surface area contributed by atoms with Crippen LogP contribution < -0.4 is 0 Å². The smallest absolute Gasteiger partial charge is 0.0753 e. The first-order valence-electron chi connectivity index (χ1n) is 3.92. The third-order valence-corrected chi connectivity index (χ3v) is 6.08. The Hall–Kier alpha value is 0.610. The maximum Gasteiger partial charge on any atom is 0.0753 e. The maximum absolute atomic E-state index is 5.52. The lowest BCUT2D eigenvalue weighted by molar-refractivity contribution is 0.216. The van der Waals surface area contributed by atoms with E-state index in [4.69, 9.17) is 16.5 Å². The van der Waals surface area contributed by atoms with Gasteiger partial charge in [0.25, 0.3) is 0 Å². The van der Waals surface area contributed by atoms with E-state index in [-0.39, 0.29) is 0 Å². The van der Waals surface area contributed by atoms with Gasteiger partial charge in [0.05, 0.1) is 13.0 Å². The van der Waals surface area contributed by atoms with Gasteiger partial charge in [-0.15, -0.1) is 0 Å². The van der Waals surface area contributed by atoms with E-state index in [0.717, 1.165) is 13.0 Å². The molecule has 0 amide bonds. The van der Waals surface area contributed by atoms with Crippen molar-refractivity contribution in [3.05, 3.63) is 0 Å². The number of hydrogen-bond donors (Lipinski definition) is 0. The highest BCUT2D eigenvalue weighted by Gasteiger charge is 2.21. The Morgan fingerprint density at radius 1 is 1.60 bits per heavy atom. The topological polar surface area (TPSA) is 9.23 Å². The summed E-state index contributed by atoms with van der Waals surface area (Å²) in [6.45, 7) is 3.15. The molecule has 1 unspecified atom stereocenters. The van der Waals surface area contributed by atoms with Crippen LogP contribution in [0.2, 0.25) is 0 Å². The summed E-state index contributed by atoms with van der Waals surface area (Å²) in [6.07, 6.45) is 5.97. The van der Waals surface area contributed by atoms with Crippen LogP contribution in [0.5, 0.6) is 0 Å². The second-order valence-corrected chi connectivity index (χ2v) is 8.49. The van der Waals surface area contributed by atoms with Gasteiger partial charge in [0.2, 0.25) is 0 Å². The van der Waals surface area contributed by atoms with Crippen LogP contribution in [0, 0.1) is 0 Å². The molecule has 60 valence electrons. The van der Waals surface area contributed by atoms with Gasteiger partial charge in [0, 0.05) is 6.16 Å². The van der Waals surface area contributed by atoms with Gasteiger partial charge in [0.1, 0.15) is 0 Å². The zero-order valence-electron chi connectivity index (χ0n) is 6.51. The molecule has 0 aromatic heterocycles. The molecule has 1 rings (SSSR count). The van der Waals surface area contributed by atoms with Gasteiger partial charge in [0.15, 0.2) is 0 Å². The number of unbranched alkanes of at least 4 members (excludes halogenated alkanes) is 1. The third-order valence-electron chi connectivity index (χ3n) is 1.89. The zero-order chi connectivity index (χ0) is 7.45. The fourth-order valence-corrected chi connectivity index (χ4v) is 4.28. The van der Waals surface area contributed by atoms with Crippen molar-refractivity contribution in [1.82, 2.24) is 0 Å². The lowest BCUT2D eigenvalue weighted by Gasteiger charge is -2.10. The summed E-state index contributed by atoms with van der Waals surface area (Å²) in [6, 6.07) is -0.975. The first-order valence-corrected chi connectivity index (χ1v) is 7.27. The van der Waals surface area contributed by atoms with E-state index in [1.807, 2.05) is 0 Å². The minimum Gasteiger partial charge on any atom is -0.376 e. The summed E-state index contributed by atoms with van der Waals surface area (Å²) >= 11 is 5.52. The van der Waals surface area contributed by atoms with E-state index >= 15 is 0 Å². The molecule has 1 aliphatic heterocycles. The molecule has 0 N–H and O–H groups in total. The molecule has 10 heavy (non-hydrogen) atoms. The van der Waals surface area contributed by atoms with Gasteiger partial charge in [-0.2, -0.15) is 0 Å². The fraction of sp³-hybridized carbons (Fsp3) is 1.00. The predicted octanol–water partition coefficient (Wildman–Crippen LogP) is 2.25. The molecular formula is C7H15OPS. The predicted molar refractivity (Wildman–Crippen MR) is 49.7 cm³/mol. The highest BCUT2D eigenvalue weighted by molar-refractivity contribution is 8.14. The lowest BCUT2D eigenvalue weighted by Crippen LogP contribution is -1.90. The van der Waals surface area contributed by atoms with Crippen LogP contribution in [-0.2, 0) is 16.5 Å². The molecule has 0 aliphatic carbocycles. The van der Waals surface area contributed by atoms with E-state index in [0.29, 0.717) is 0 Å². The largest absolute Gasteiger partial charge is 0.376 e. The molecule has 1 saturated heterocycles. The van der Waals surface area contributed by atoms with Crippen LogP contribution in [0.15, 0.2) is 0 Å². The number of rotatable bonds is 3. The van der Waals surface area contributed by atoms with Gasteiger partial charge < -0.3 is 4.74 Å². The van der Waals surface area contributed by atoms with Crippen LogP contribution in [0.1, 0.15) is 19.8 Å². The Morgan fingerprint density at radius 2 is 2.40 bits per heavy atom. The van der Waals surface area contributed by atoms with Gasteiger partial charge in [-0.1, -0.05) is 25.2 Å². The summed E-state index contributed by atoms with van der Waals surface area (Å²) < 4.78 is 5.30. The van der Waals surface area contributed by atoms with Crippen molar-refractivity contribution in [2.75, 3.05) is 25.3 Å². The highest BCUT2D eigenvalue weighted by atomic mass is 32.4. The molecule has 0 saturated carbocycles. The van der Waals surface area contributed by atoms with Crippen molar-refractivity contribution in [3.8, 4) is 0 Å². The molecule has 1 nitrogen and oxygen atoms in total. The molecule has 1 atom stereocenters. The highest BCUT2D eigenvalue weighted by Crippen LogP contribution is 2.49. The van der Waals surface area contributed by atoms with Gasteiger partial charge in [-0.05, 0) is 18.6 Å². The average Bonchev–Trinajstić information content (AvgIpc) is 2.33. The SMILES string of the molecule is CCCCP1(=S)CCOC1. The Bertz CT molecular complexity index is 137. The molecule has 1 aliphatic rings. The first kappa shape index (κ1) is 8.70. The maximum atomic E-state index is 5.52. The van der Waals surface area contributed by atoms with Crippen LogP contribution in [0.25, 0.3) is 0 Å². The Balaban J connectivity index is 2.29. The molecule has 0 aromatic rings. The van der Waals surface area contributed by atoms with Crippen molar-refractivity contribution in [3.63, 3.8) is 0 Å². The van der Waals surface area contributed by atoms with Gasteiger partial charge in [-0.3, -0.25) is 0 Å². The van der Waals surface area contributed by atoms with Crippen molar-refractivity contribution in [2.45, 2.75) is 19.8 Å². The van der Waals surface area contributed by atoms with Crippen LogP contribution >= 0.6 is 6.04 Å². The fourth-order valence-electron chi connectivity index (χ4n) is 1.15. The minimum absolute atomic E-state index is 0.919. The standard InChI is InChI=1S/C7H15OPS/c1-2-3-5-9(10)6-4-8-7-9/h2-7H2,1H3. The second kappa shape index (κ2) is 3.85. The molecular weight excluding hydrogens is 163 g/mol. The monoisotopic (exact) mass is 178 g/mol. The van der Waals surface area contributed by atoms with Crippen molar-refractivity contribution in [2.24, 2.45) is 0 Å². The quantitative estimate of drug-likeness (QED) is 0.613. The molecule has 0 bridgehead atoms. The molecule has 0 spiro atoms. The summed E-state index contributed by atoms with van der Waals surface area (Å²) in [5, 5.41) is 0. The second-order valence-electron chi connectivity index (χ2n) is 2.90. The molecule has 1 heterocycles. The molecule has 0 radical (unpaired) electrons. The Morgan fingerprint density at radius 3 is 2.90 bits per heavy atom. The summed E-state index contributed by atoms with van der Waals surface area (Å²) in [5.41, 5.74) is 0. The van der Waals surface area contributed by atoms with E-state index in [1.165, 1.54) is 25.2 Å². The normalized spacial score (nSPS) is 32.9. The lowest BCUT2D eigenvalue weighted by atomic mass is 10.4. The van der Waals surface area contributed by atoms with Crippen LogP contribution in [0.4, 0.5) is 0 Å². The molecule has 1 fully saturated rings.